The standard InChI is InChI=1S/C23H25NO3S/c1-13-8-9-16(12-15(13)3)20(25)18-19(22-14(2)10-11-28-22)24(23(27)21(18)26)17-6-4-5-7-17/h8-12,17,19,25H,4-7H2,1-3H3/b20-18-. The molecule has 1 aliphatic heterocycles. The third-order valence-corrected chi connectivity index (χ3v) is 7.20. The van der Waals surface area contributed by atoms with Gasteiger partial charge in [0.1, 0.15) is 11.8 Å². The van der Waals surface area contributed by atoms with Gasteiger partial charge in [0.2, 0.25) is 0 Å². The van der Waals surface area contributed by atoms with Crippen molar-refractivity contribution in [2.75, 3.05) is 0 Å². The number of carbonyl (C=O) groups excluding carboxylic acids is 2. The van der Waals surface area contributed by atoms with Crippen LogP contribution in [0.4, 0.5) is 0 Å². The monoisotopic (exact) mass is 395 g/mol. The Balaban J connectivity index is 1.90. The smallest absolute Gasteiger partial charge is 0.295 e. The molecule has 4 nitrogen and oxygen atoms in total. The highest BCUT2D eigenvalue weighted by Gasteiger charge is 2.50. The summed E-state index contributed by atoms with van der Waals surface area (Å²) in [7, 11) is 0. The first-order valence-electron chi connectivity index (χ1n) is 9.82. The number of Topliss-reactive ketones (excluding diaryl/α,β-unsaturated/α-hetero) is 1. The fourth-order valence-electron chi connectivity index (χ4n) is 4.38. The summed E-state index contributed by atoms with van der Waals surface area (Å²) in [6, 6.07) is 7.20. The lowest BCUT2D eigenvalue weighted by molar-refractivity contribution is -0.141. The number of hydrogen-bond donors (Lipinski definition) is 1. The molecule has 4 rings (SSSR count). The van der Waals surface area contributed by atoms with E-state index in [0.717, 1.165) is 47.3 Å². The summed E-state index contributed by atoms with van der Waals surface area (Å²) in [5.41, 5.74) is 4.02. The molecule has 1 saturated carbocycles. The van der Waals surface area contributed by atoms with Gasteiger partial charge >= 0.3 is 0 Å². The molecule has 146 valence electrons. The number of likely N-dealkylation sites (tertiary alicyclic amines) is 1. The predicted molar refractivity (Wildman–Crippen MR) is 111 cm³/mol. The van der Waals surface area contributed by atoms with E-state index < -0.39 is 17.7 Å². The largest absolute Gasteiger partial charge is 0.507 e. The van der Waals surface area contributed by atoms with E-state index in [0.29, 0.717) is 5.56 Å². The summed E-state index contributed by atoms with van der Waals surface area (Å²) >= 11 is 1.54. The zero-order chi connectivity index (χ0) is 20.0. The van der Waals surface area contributed by atoms with E-state index >= 15 is 0 Å². The number of aryl methyl sites for hydroxylation is 3. The molecular weight excluding hydrogens is 370 g/mol. The molecule has 1 aliphatic carbocycles. The van der Waals surface area contributed by atoms with Gasteiger partial charge < -0.3 is 10.0 Å². The number of thiophene rings is 1. The lowest BCUT2D eigenvalue weighted by atomic mass is 9.96. The molecular formula is C23H25NO3S. The molecule has 1 saturated heterocycles. The average Bonchev–Trinajstić information content (AvgIpc) is 3.38. The van der Waals surface area contributed by atoms with Crippen LogP contribution < -0.4 is 0 Å². The first-order chi connectivity index (χ1) is 13.4. The molecule has 0 radical (unpaired) electrons. The second-order valence-electron chi connectivity index (χ2n) is 7.91. The van der Waals surface area contributed by atoms with Crippen molar-refractivity contribution in [2.45, 2.75) is 58.5 Å². The second-order valence-corrected chi connectivity index (χ2v) is 8.86. The average molecular weight is 396 g/mol. The number of aliphatic hydroxyl groups is 1. The molecule has 1 N–H and O–H groups in total. The van der Waals surface area contributed by atoms with E-state index in [-0.39, 0.29) is 17.4 Å². The quantitative estimate of drug-likeness (QED) is 0.450. The van der Waals surface area contributed by atoms with E-state index in [1.807, 2.05) is 50.4 Å². The molecule has 1 aromatic carbocycles. The van der Waals surface area contributed by atoms with Gasteiger partial charge in [-0.05, 0) is 67.8 Å². The topological polar surface area (TPSA) is 57.6 Å². The Morgan fingerprint density at radius 1 is 1.04 bits per heavy atom. The highest BCUT2D eigenvalue weighted by atomic mass is 32.1. The van der Waals surface area contributed by atoms with Crippen molar-refractivity contribution in [3.05, 3.63) is 62.3 Å². The summed E-state index contributed by atoms with van der Waals surface area (Å²) in [5.74, 6) is -1.12. The van der Waals surface area contributed by atoms with E-state index in [1.165, 1.54) is 0 Å². The minimum atomic E-state index is -0.569. The van der Waals surface area contributed by atoms with Crippen LogP contribution in [0, 0.1) is 20.8 Å². The molecule has 2 fully saturated rings. The van der Waals surface area contributed by atoms with Gasteiger partial charge in [-0.25, -0.2) is 0 Å². The number of nitrogens with zero attached hydrogens (tertiary/aromatic N) is 1. The third kappa shape index (κ3) is 2.98. The Hall–Kier alpha value is -2.40. The van der Waals surface area contributed by atoms with Crippen LogP contribution in [-0.4, -0.2) is 27.7 Å². The van der Waals surface area contributed by atoms with Crippen LogP contribution in [0.1, 0.15) is 58.9 Å². The fourth-order valence-corrected chi connectivity index (χ4v) is 5.41. The normalized spacial score (nSPS) is 22.4. The van der Waals surface area contributed by atoms with Crippen molar-refractivity contribution >= 4 is 28.8 Å². The Kier molecular flexibility index (Phi) is 4.88. The summed E-state index contributed by atoms with van der Waals surface area (Å²) in [5, 5.41) is 13.1. The Labute approximate surface area is 169 Å². The van der Waals surface area contributed by atoms with Crippen LogP contribution in [0.3, 0.4) is 0 Å². The van der Waals surface area contributed by atoms with Crippen LogP contribution in [0.2, 0.25) is 0 Å². The fraction of sp³-hybridized carbons (Fsp3) is 0.391. The van der Waals surface area contributed by atoms with Crippen molar-refractivity contribution in [3.63, 3.8) is 0 Å². The Morgan fingerprint density at radius 3 is 2.36 bits per heavy atom. The zero-order valence-electron chi connectivity index (χ0n) is 16.5. The first-order valence-corrected chi connectivity index (χ1v) is 10.7. The van der Waals surface area contributed by atoms with E-state index in [9.17, 15) is 14.7 Å². The number of carbonyl (C=O) groups is 2. The van der Waals surface area contributed by atoms with Crippen LogP contribution in [0.15, 0.2) is 35.2 Å². The maximum absolute atomic E-state index is 13.1. The van der Waals surface area contributed by atoms with Gasteiger partial charge in [0, 0.05) is 16.5 Å². The van der Waals surface area contributed by atoms with Crippen LogP contribution in [0.25, 0.3) is 5.76 Å². The third-order valence-electron chi connectivity index (χ3n) is 6.13. The van der Waals surface area contributed by atoms with Gasteiger partial charge in [0.05, 0.1) is 5.57 Å². The number of hydrogen-bond acceptors (Lipinski definition) is 4. The molecule has 2 heterocycles. The van der Waals surface area contributed by atoms with Gasteiger partial charge in [-0.1, -0.05) is 25.0 Å². The molecule has 2 aliphatic rings. The summed E-state index contributed by atoms with van der Waals surface area (Å²) in [4.78, 5) is 28.8. The number of aliphatic hydroxyl groups excluding tert-OH is 1. The van der Waals surface area contributed by atoms with Crippen molar-refractivity contribution in [1.82, 2.24) is 4.90 Å². The molecule has 1 atom stereocenters. The zero-order valence-corrected chi connectivity index (χ0v) is 17.3. The molecule has 5 heteroatoms. The summed E-state index contributed by atoms with van der Waals surface area (Å²) < 4.78 is 0. The van der Waals surface area contributed by atoms with E-state index in [2.05, 4.69) is 0 Å². The van der Waals surface area contributed by atoms with Crippen molar-refractivity contribution in [2.24, 2.45) is 0 Å². The lowest BCUT2D eigenvalue weighted by Crippen LogP contribution is -2.37. The molecule has 1 aromatic heterocycles. The molecule has 28 heavy (non-hydrogen) atoms. The molecule has 0 spiro atoms. The van der Waals surface area contributed by atoms with E-state index in [1.54, 1.807) is 16.2 Å². The summed E-state index contributed by atoms with van der Waals surface area (Å²) in [6.45, 7) is 5.98. The van der Waals surface area contributed by atoms with Crippen molar-refractivity contribution in [1.29, 1.82) is 0 Å². The predicted octanol–water partition coefficient (Wildman–Crippen LogP) is 5.04. The highest BCUT2D eigenvalue weighted by molar-refractivity contribution is 7.10. The number of amides is 1. The van der Waals surface area contributed by atoms with Gasteiger partial charge in [0.15, 0.2) is 0 Å². The van der Waals surface area contributed by atoms with E-state index in [4.69, 9.17) is 0 Å². The second kappa shape index (κ2) is 7.21. The van der Waals surface area contributed by atoms with Gasteiger partial charge in [-0.3, -0.25) is 9.59 Å². The van der Waals surface area contributed by atoms with Crippen LogP contribution in [0.5, 0.6) is 0 Å². The molecule has 2 aromatic rings. The Bertz CT molecular complexity index is 981. The maximum atomic E-state index is 13.1. The number of ketones is 1. The molecule has 1 amide bonds. The first kappa shape index (κ1) is 18.9. The number of rotatable bonds is 3. The van der Waals surface area contributed by atoms with Crippen LogP contribution >= 0.6 is 11.3 Å². The van der Waals surface area contributed by atoms with Gasteiger partial charge in [0.25, 0.3) is 11.7 Å². The van der Waals surface area contributed by atoms with Gasteiger partial charge in [-0.15, -0.1) is 11.3 Å². The maximum Gasteiger partial charge on any atom is 0.295 e. The van der Waals surface area contributed by atoms with Crippen LogP contribution in [-0.2, 0) is 9.59 Å². The van der Waals surface area contributed by atoms with Crippen molar-refractivity contribution in [3.8, 4) is 0 Å². The minimum Gasteiger partial charge on any atom is -0.507 e. The lowest BCUT2D eigenvalue weighted by Gasteiger charge is -2.30. The number of benzene rings is 1. The molecule has 1 unspecified atom stereocenters. The van der Waals surface area contributed by atoms with Crippen molar-refractivity contribution < 1.29 is 14.7 Å². The SMILES string of the molecule is Cc1ccc(/C(O)=C2/C(=O)C(=O)N(C3CCCC3)C2c2sccc2C)cc1C. The van der Waals surface area contributed by atoms with Gasteiger partial charge in [-0.2, -0.15) is 0 Å². The highest BCUT2D eigenvalue weighted by Crippen LogP contribution is 2.45. The minimum absolute atomic E-state index is 0.0630. The Morgan fingerprint density at radius 2 is 1.75 bits per heavy atom. The summed E-state index contributed by atoms with van der Waals surface area (Å²) in [6.07, 6.45) is 3.97. The molecule has 0 bridgehead atoms.